The van der Waals surface area contributed by atoms with Gasteiger partial charge in [-0.2, -0.15) is 0 Å². The second kappa shape index (κ2) is 4.50. The maximum atomic E-state index is 12.3. The van der Waals surface area contributed by atoms with Gasteiger partial charge in [-0.3, -0.25) is 0 Å². The molecule has 13 heavy (non-hydrogen) atoms. The standard InChI is InChI=1S/C8H8BrF2NO/c1-13-7-3-5(4-9)2-6(12-7)8(10)11/h2-3,8H,4H2,1H3. The van der Waals surface area contributed by atoms with E-state index in [9.17, 15) is 8.78 Å². The average Bonchev–Trinajstić information content (AvgIpc) is 2.16. The molecule has 1 heterocycles. The Balaban J connectivity index is 3.07. The molecule has 0 unspecified atom stereocenters. The number of hydrogen-bond acceptors (Lipinski definition) is 2. The van der Waals surface area contributed by atoms with Crippen LogP contribution in [-0.2, 0) is 5.33 Å². The lowest BCUT2D eigenvalue weighted by molar-refractivity contribution is 0.145. The first-order chi connectivity index (χ1) is 6.17. The molecule has 0 fully saturated rings. The van der Waals surface area contributed by atoms with E-state index in [0.717, 1.165) is 5.56 Å². The monoisotopic (exact) mass is 251 g/mol. The van der Waals surface area contributed by atoms with E-state index >= 15 is 0 Å². The minimum Gasteiger partial charge on any atom is -0.481 e. The normalized spacial score (nSPS) is 10.5. The van der Waals surface area contributed by atoms with Crippen LogP contribution in [0.4, 0.5) is 8.78 Å². The van der Waals surface area contributed by atoms with Crippen LogP contribution in [0.1, 0.15) is 17.7 Å². The Labute approximate surface area is 83.1 Å². The Morgan fingerprint density at radius 3 is 2.69 bits per heavy atom. The van der Waals surface area contributed by atoms with Crippen molar-refractivity contribution in [3.05, 3.63) is 23.4 Å². The Morgan fingerprint density at radius 2 is 2.23 bits per heavy atom. The number of alkyl halides is 3. The van der Waals surface area contributed by atoms with Gasteiger partial charge in [0.1, 0.15) is 5.69 Å². The van der Waals surface area contributed by atoms with Crippen LogP contribution in [0.25, 0.3) is 0 Å². The Morgan fingerprint density at radius 1 is 1.54 bits per heavy atom. The highest BCUT2D eigenvalue weighted by molar-refractivity contribution is 9.08. The fourth-order valence-corrected chi connectivity index (χ4v) is 1.20. The van der Waals surface area contributed by atoms with Gasteiger partial charge in [-0.25, -0.2) is 13.8 Å². The molecule has 0 radical (unpaired) electrons. The van der Waals surface area contributed by atoms with Gasteiger partial charge in [0.25, 0.3) is 6.43 Å². The number of halogens is 3. The number of rotatable bonds is 3. The molecule has 0 aromatic carbocycles. The molecule has 2 nitrogen and oxygen atoms in total. The third-order valence-electron chi connectivity index (χ3n) is 1.47. The quantitative estimate of drug-likeness (QED) is 0.771. The second-order valence-electron chi connectivity index (χ2n) is 2.38. The number of hydrogen-bond donors (Lipinski definition) is 0. The van der Waals surface area contributed by atoms with Gasteiger partial charge in [-0.05, 0) is 11.6 Å². The van der Waals surface area contributed by atoms with E-state index in [0.29, 0.717) is 5.33 Å². The molecule has 0 aliphatic heterocycles. The summed E-state index contributed by atoms with van der Waals surface area (Å²) in [5.41, 5.74) is 0.468. The van der Waals surface area contributed by atoms with Gasteiger partial charge in [0, 0.05) is 11.4 Å². The maximum Gasteiger partial charge on any atom is 0.280 e. The third-order valence-corrected chi connectivity index (χ3v) is 2.12. The molecule has 1 aromatic heterocycles. The second-order valence-corrected chi connectivity index (χ2v) is 2.94. The van der Waals surface area contributed by atoms with Crippen molar-refractivity contribution in [1.29, 1.82) is 0 Å². The van der Waals surface area contributed by atoms with Crippen molar-refractivity contribution in [3.8, 4) is 5.88 Å². The number of methoxy groups -OCH3 is 1. The lowest BCUT2D eigenvalue weighted by atomic mass is 10.2. The zero-order valence-electron chi connectivity index (χ0n) is 6.93. The summed E-state index contributed by atoms with van der Waals surface area (Å²) in [4.78, 5) is 3.61. The predicted octanol–water partition coefficient (Wildman–Crippen LogP) is 2.92. The zero-order chi connectivity index (χ0) is 9.84. The summed E-state index contributed by atoms with van der Waals surface area (Å²) in [6.07, 6.45) is -2.56. The van der Waals surface area contributed by atoms with Gasteiger partial charge in [0.2, 0.25) is 5.88 Å². The van der Waals surface area contributed by atoms with Crippen molar-refractivity contribution in [2.75, 3.05) is 7.11 Å². The molecule has 0 aliphatic carbocycles. The van der Waals surface area contributed by atoms with Gasteiger partial charge < -0.3 is 4.74 Å². The molecular formula is C8H8BrF2NO. The minimum atomic E-state index is -2.56. The third kappa shape index (κ3) is 2.62. The Kier molecular flexibility index (Phi) is 3.59. The van der Waals surface area contributed by atoms with Gasteiger partial charge in [-0.15, -0.1) is 0 Å². The lowest BCUT2D eigenvalue weighted by Gasteiger charge is -2.05. The van der Waals surface area contributed by atoms with Crippen molar-refractivity contribution >= 4 is 15.9 Å². The van der Waals surface area contributed by atoms with Crippen LogP contribution in [0.5, 0.6) is 5.88 Å². The molecule has 0 N–H and O–H groups in total. The van der Waals surface area contributed by atoms with E-state index in [1.54, 1.807) is 6.07 Å². The van der Waals surface area contributed by atoms with Crippen LogP contribution in [0.2, 0.25) is 0 Å². The molecule has 0 saturated carbocycles. The fraction of sp³-hybridized carbons (Fsp3) is 0.375. The van der Waals surface area contributed by atoms with Crippen LogP contribution < -0.4 is 4.74 Å². The van der Waals surface area contributed by atoms with Crippen molar-refractivity contribution in [2.24, 2.45) is 0 Å². The number of pyridine rings is 1. The number of nitrogens with zero attached hydrogens (tertiary/aromatic N) is 1. The molecule has 0 saturated heterocycles. The highest BCUT2D eigenvalue weighted by Crippen LogP contribution is 2.22. The van der Waals surface area contributed by atoms with Gasteiger partial charge >= 0.3 is 0 Å². The maximum absolute atomic E-state index is 12.3. The largest absolute Gasteiger partial charge is 0.481 e. The molecule has 1 rings (SSSR count). The number of ether oxygens (including phenoxy) is 1. The molecule has 0 amide bonds. The Hall–Kier alpha value is -0.710. The predicted molar refractivity (Wildman–Crippen MR) is 48.4 cm³/mol. The van der Waals surface area contributed by atoms with E-state index in [-0.39, 0.29) is 11.6 Å². The lowest BCUT2D eigenvalue weighted by Crippen LogP contribution is -1.96. The number of aromatic nitrogens is 1. The summed E-state index contributed by atoms with van der Waals surface area (Å²) in [5, 5.41) is 0.506. The van der Waals surface area contributed by atoms with Crippen molar-refractivity contribution in [1.82, 2.24) is 4.98 Å². The topological polar surface area (TPSA) is 22.1 Å². The molecule has 5 heteroatoms. The molecule has 0 aliphatic rings. The van der Waals surface area contributed by atoms with Crippen LogP contribution in [0, 0.1) is 0 Å². The van der Waals surface area contributed by atoms with Crippen molar-refractivity contribution in [2.45, 2.75) is 11.8 Å². The molecule has 0 bridgehead atoms. The molecule has 1 aromatic rings. The summed E-state index contributed by atoms with van der Waals surface area (Å²) < 4.78 is 29.3. The van der Waals surface area contributed by atoms with Gasteiger partial charge in [-0.1, -0.05) is 15.9 Å². The van der Waals surface area contributed by atoms with Crippen LogP contribution in [0.3, 0.4) is 0 Å². The minimum absolute atomic E-state index is 0.215. The smallest absolute Gasteiger partial charge is 0.280 e. The first kappa shape index (κ1) is 10.4. The van der Waals surface area contributed by atoms with Crippen molar-refractivity contribution in [3.63, 3.8) is 0 Å². The summed E-state index contributed by atoms with van der Waals surface area (Å²) in [6, 6.07) is 2.96. The summed E-state index contributed by atoms with van der Waals surface area (Å²) in [5.74, 6) is 0.215. The Bertz CT molecular complexity index is 271. The van der Waals surface area contributed by atoms with Crippen LogP contribution in [-0.4, -0.2) is 12.1 Å². The SMILES string of the molecule is COc1cc(CBr)cc(C(F)F)n1. The fourth-order valence-electron chi connectivity index (χ4n) is 0.876. The zero-order valence-corrected chi connectivity index (χ0v) is 8.51. The van der Waals surface area contributed by atoms with E-state index in [1.165, 1.54) is 13.2 Å². The first-order valence-corrected chi connectivity index (χ1v) is 4.68. The molecule has 0 atom stereocenters. The molecule has 72 valence electrons. The van der Waals surface area contributed by atoms with E-state index in [1.807, 2.05) is 0 Å². The molecule has 0 spiro atoms. The van der Waals surface area contributed by atoms with Gasteiger partial charge in [0.15, 0.2) is 0 Å². The summed E-state index contributed by atoms with van der Waals surface area (Å²) >= 11 is 3.18. The van der Waals surface area contributed by atoms with Gasteiger partial charge in [0.05, 0.1) is 7.11 Å². The van der Waals surface area contributed by atoms with Crippen LogP contribution in [0.15, 0.2) is 12.1 Å². The van der Waals surface area contributed by atoms with E-state index < -0.39 is 6.43 Å². The highest BCUT2D eigenvalue weighted by atomic mass is 79.9. The summed E-state index contributed by atoms with van der Waals surface area (Å²) in [7, 11) is 1.40. The van der Waals surface area contributed by atoms with Crippen molar-refractivity contribution < 1.29 is 13.5 Å². The van der Waals surface area contributed by atoms with E-state index in [2.05, 4.69) is 20.9 Å². The average molecular weight is 252 g/mol. The van der Waals surface area contributed by atoms with Crippen LogP contribution >= 0.6 is 15.9 Å². The van der Waals surface area contributed by atoms with E-state index in [4.69, 9.17) is 4.74 Å². The summed E-state index contributed by atoms with van der Waals surface area (Å²) in [6.45, 7) is 0. The molecular weight excluding hydrogens is 244 g/mol. The highest BCUT2D eigenvalue weighted by Gasteiger charge is 2.11. The first-order valence-electron chi connectivity index (χ1n) is 3.56.